The molecule has 0 aliphatic rings. The zero-order valence-electron chi connectivity index (χ0n) is 13.9. The van der Waals surface area contributed by atoms with Crippen molar-refractivity contribution < 1.29 is 14.0 Å². The maximum atomic E-state index is 13.9. The van der Waals surface area contributed by atoms with Gasteiger partial charge in [-0.25, -0.2) is 9.37 Å². The van der Waals surface area contributed by atoms with Crippen molar-refractivity contribution in [1.29, 1.82) is 0 Å². The van der Waals surface area contributed by atoms with Gasteiger partial charge in [-0.15, -0.1) is 0 Å². The zero-order chi connectivity index (χ0) is 18.7. The van der Waals surface area contributed by atoms with Crippen LogP contribution in [0.2, 0.25) is 0 Å². The van der Waals surface area contributed by atoms with Gasteiger partial charge in [0.2, 0.25) is 11.8 Å². The van der Waals surface area contributed by atoms with Gasteiger partial charge in [0.15, 0.2) is 0 Å². The molecular formula is C19H15FN4O2. The molecule has 130 valence electrons. The summed E-state index contributed by atoms with van der Waals surface area (Å²) in [5.74, 6) is -1.90. The van der Waals surface area contributed by atoms with E-state index in [1.54, 1.807) is 6.20 Å². The predicted molar refractivity (Wildman–Crippen MR) is 96.9 cm³/mol. The van der Waals surface area contributed by atoms with Gasteiger partial charge in [-0.3, -0.25) is 14.6 Å². The maximum Gasteiger partial charge on any atom is 0.248 e. The van der Waals surface area contributed by atoms with Crippen molar-refractivity contribution in [2.24, 2.45) is 5.73 Å². The molecule has 0 unspecified atom stereocenters. The fourth-order valence-electron chi connectivity index (χ4n) is 2.34. The lowest BCUT2D eigenvalue weighted by atomic mass is 10.1. The molecule has 0 aliphatic heterocycles. The molecule has 1 heterocycles. The third-order valence-corrected chi connectivity index (χ3v) is 3.76. The summed E-state index contributed by atoms with van der Waals surface area (Å²) >= 11 is 0. The number of halogens is 1. The normalized spacial score (nSPS) is 11.0. The Hall–Kier alpha value is -3.61. The average molecular weight is 350 g/mol. The number of carbonyl (C=O) groups excluding carboxylic acids is 2. The van der Waals surface area contributed by atoms with E-state index in [9.17, 15) is 14.0 Å². The Labute approximate surface area is 148 Å². The van der Waals surface area contributed by atoms with Gasteiger partial charge < -0.3 is 11.1 Å². The van der Waals surface area contributed by atoms with Crippen LogP contribution < -0.4 is 11.1 Å². The summed E-state index contributed by atoms with van der Waals surface area (Å²) in [5, 5.41) is 2.53. The number of amides is 2. The topological polar surface area (TPSA) is 98.0 Å². The second-order valence-corrected chi connectivity index (χ2v) is 5.60. The number of nitrogens with zero attached hydrogens (tertiary/aromatic N) is 2. The van der Waals surface area contributed by atoms with Gasteiger partial charge in [0.05, 0.1) is 22.9 Å². The Balaban J connectivity index is 1.79. The number of fused-ring (bicyclic) bond motifs is 1. The highest BCUT2D eigenvalue weighted by molar-refractivity contribution is 6.03. The first kappa shape index (κ1) is 17.2. The van der Waals surface area contributed by atoms with E-state index in [0.29, 0.717) is 11.2 Å². The molecule has 0 aliphatic carbocycles. The van der Waals surface area contributed by atoms with Crippen molar-refractivity contribution >= 4 is 34.6 Å². The lowest BCUT2D eigenvalue weighted by molar-refractivity contribution is -0.111. The van der Waals surface area contributed by atoms with E-state index in [0.717, 1.165) is 11.6 Å². The van der Waals surface area contributed by atoms with Gasteiger partial charge >= 0.3 is 0 Å². The van der Waals surface area contributed by atoms with Crippen molar-refractivity contribution in [2.75, 3.05) is 5.32 Å². The van der Waals surface area contributed by atoms with Crippen LogP contribution in [0.25, 0.3) is 17.1 Å². The highest BCUT2D eigenvalue weighted by Gasteiger charge is 2.11. The molecule has 0 bridgehead atoms. The van der Waals surface area contributed by atoms with E-state index in [1.807, 2.05) is 24.3 Å². The number of nitrogens with one attached hydrogen (secondary N) is 1. The van der Waals surface area contributed by atoms with Crippen LogP contribution in [0.3, 0.4) is 0 Å². The Bertz CT molecular complexity index is 1050. The van der Waals surface area contributed by atoms with Gasteiger partial charge in [0, 0.05) is 22.9 Å². The van der Waals surface area contributed by atoms with Gasteiger partial charge in [-0.1, -0.05) is 12.1 Å². The van der Waals surface area contributed by atoms with Crippen molar-refractivity contribution in [3.8, 4) is 0 Å². The molecule has 0 radical (unpaired) electrons. The minimum Gasteiger partial charge on any atom is -0.366 e. The largest absolute Gasteiger partial charge is 0.366 e. The fourth-order valence-corrected chi connectivity index (χ4v) is 2.34. The van der Waals surface area contributed by atoms with Crippen molar-refractivity contribution in [2.45, 2.75) is 6.92 Å². The first-order valence-electron chi connectivity index (χ1n) is 7.75. The van der Waals surface area contributed by atoms with E-state index in [-0.39, 0.29) is 16.8 Å². The number of hydrogen-bond donors (Lipinski definition) is 2. The van der Waals surface area contributed by atoms with Crippen molar-refractivity contribution in [3.05, 3.63) is 71.3 Å². The standard InChI is InChI=1S/C19H15FN4O2/c1-11-14(20)8-12(19(21)26)9-17(11)24-18(25)7-6-13-10-22-15-4-2-3-5-16(15)23-13/h2-10H,1H3,(H2,21,26)(H,24,25)/b7-6+. The summed E-state index contributed by atoms with van der Waals surface area (Å²) in [7, 11) is 0. The second-order valence-electron chi connectivity index (χ2n) is 5.60. The van der Waals surface area contributed by atoms with Crippen LogP contribution in [0.4, 0.5) is 10.1 Å². The van der Waals surface area contributed by atoms with E-state index in [2.05, 4.69) is 15.3 Å². The predicted octanol–water partition coefficient (Wildman–Crippen LogP) is 2.83. The number of anilines is 1. The SMILES string of the molecule is Cc1c(F)cc(C(N)=O)cc1NC(=O)/C=C/c1cnc2ccccc2n1. The molecule has 2 amide bonds. The van der Waals surface area contributed by atoms with Crippen LogP contribution in [0, 0.1) is 12.7 Å². The molecular weight excluding hydrogens is 335 g/mol. The summed E-state index contributed by atoms with van der Waals surface area (Å²) in [6.45, 7) is 1.49. The first-order valence-corrected chi connectivity index (χ1v) is 7.75. The maximum absolute atomic E-state index is 13.9. The number of nitrogens with two attached hydrogens (primary N) is 1. The molecule has 3 rings (SSSR count). The Morgan fingerprint density at radius 3 is 2.65 bits per heavy atom. The molecule has 0 atom stereocenters. The summed E-state index contributed by atoms with van der Waals surface area (Å²) < 4.78 is 13.9. The van der Waals surface area contributed by atoms with Crippen molar-refractivity contribution in [1.82, 2.24) is 9.97 Å². The van der Waals surface area contributed by atoms with Crippen LogP contribution in [0.1, 0.15) is 21.6 Å². The third-order valence-electron chi connectivity index (χ3n) is 3.76. The van der Waals surface area contributed by atoms with Crippen LogP contribution in [-0.4, -0.2) is 21.8 Å². The van der Waals surface area contributed by atoms with Gasteiger partial charge in [0.1, 0.15) is 5.82 Å². The minimum absolute atomic E-state index is 0.0206. The molecule has 0 fully saturated rings. The lowest BCUT2D eigenvalue weighted by Crippen LogP contribution is -2.15. The molecule has 0 saturated heterocycles. The van der Waals surface area contributed by atoms with Crippen LogP contribution in [-0.2, 0) is 4.79 Å². The molecule has 6 nitrogen and oxygen atoms in total. The van der Waals surface area contributed by atoms with E-state index >= 15 is 0 Å². The number of rotatable bonds is 4. The third kappa shape index (κ3) is 3.72. The molecule has 7 heteroatoms. The molecule has 3 aromatic rings. The molecule has 0 spiro atoms. The van der Waals surface area contributed by atoms with E-state index in [1.165, 1.54) is 25.1 Å². The van der Waals surface area contributed by atoms with E-state index < -0.39 is 17.6 Å². The minimum atomic E-state index is -0.777. The van der Waals surface area contributed by atoms with E-state index in [4.69, 9.17) is 5.73 Å². The van der Waals surface area contributed by atoms with Crippen molar-refractivity contribution in [3.63, 3.8) is 0 Å². The highest BCUT2D eigenvalue weighted by Crippen LogP contribution is 2.20. The second kappa shape index (κ2) is 7.10. The molecule has 0 saturated carbocycles. The Morgan fingerprint density at radius 1 is 1.19 bits per heavy atom. The quantitative estimate of drug-likeness (QED) is 0.707. The number of hydrogen-bond acceptors (Lipinski definition) is 4. The smallest absolute Gasteiger partial charge is 0.248 e. The average Bonchev–Trinajstić information content (AvgIpc) is 2.63. The van der Waals surface area contributed by atoms with Crippen LogP contribution >= 0.6 is 0 Å². The Morgan fingerprint density at radius 2 is 1.92 bits per heavy atom. The number of para-hydroxylation sites is 2. The molecule has 1 aromatic heterocycles. The summed E-state index contributed by atoms with van der Waals surface area (Å²) in [4.78, 5) is 32.0. The fraction of sp³-hybridized carbons (Fsp3) is 0.0526. The number of carbonyl (C=O) groups is 2. The number of benzene rings is 2. The number of primary amides is 1. The van der Waals surface area contributed by atoms with Crippen LogP contribution in [0.5, 0.6) is 0 Å². The lowest BCUT2D eigenvalue weighted by Gasteiger charge is -2.09. The van der Waals surface area contributed by atoms with Gasteiger partial charge in [-0.2, -0.15) is 0 Å². The molecule has 26 heavy (non-hydrogen) atoms. The monoisotopic (exact) mass is 350 g/mol. The Kier molecular flexibility index (Phi) is 4.70. The van der Waals surface area contributed by atoms with Crippen LogP contribution in [0.15, 0.2) is 48.7 Å². The first-order chi connectivity index (χ1) is 12.4. The zero-order valence-corrected chi connectivity index (χ0v) is 13.9. The molecule has 3 N–H and O–H groups in total. The molecule has 2 aromatic carbocycles. The number of aromatic nitrogens is 2. The summed E-state index contributed by atoms with van der Waals surface area (Å²) in [5.41, 5.74) is 7.50. The summed E-state index contributed by atoms with van der Waals surface area (Å²) in [6.07, 6.45) is 4.30. The van der Waals surface area contributed by atoms with Gasteiger partial charge in [-0.05, 0) is 37.3 Å². The van der Waals surface area contributed by atoms with Gasteiger partial charge in [0.25, 0.3) is 0 Å². The highest BCUT2D eigenvalue weighted by atomic mass is 19.1. The summed E-state index contributed by atoms with van der Waals surface area (Å²) in [6, 6.07) is 9.74.